The lowest BCUT2D eigenvalue weighted by Gasteiger charge is -2.16. The van der Waals surface area contributed by atoms with Gasteiger partial charge in [-0.25, -0.2) is 8.42 Å². The van der Waals surface area contributed by atoms with Crippen molar-refractivity contribution in [2.24, 2.45) is 0 Å². The summed E-state index contributed by atoms with van der Waals surface area (Å²) in [5.74, 6) is -0.159. The molecule has 0 heterocycles. The van der Waals surface area contributed by atoms with E-state index in [1.165, 1.54) is 12.1 Å². The van der Waals surface area contributed by atoms with Crippen LogP contribution in [0.5, 0.6) is 11.5 Å². The van der Waals surface area contributed by atoms with E-state index in [1.54, 1.807) is 40.7 Å². The Bertz CT molecular complexity index is 865. The number of hydrogen-bond acceptors (Lipinski definition) is 4. The van der Waals surface area contributed by atoms with Crippen LogP contribution in [-0.2, 0) is 9.84 Å². The zero-order valence-corrected chi connectivity index (χ0v) is 14.2. The van der Waals surface area contributed by atoms with E-state index in [-0.39, 0.29) is 21.3 Å². The maximum atomic E-state index is 13.0. The second-order valence-corrected chi connectivity index (χ2v) is 7.58. The van der Waals surface area contributed by atoms with Crippen LogP contribution in [0.4, 0.5) is 0 Å². The first kappa shape index (κ1) is 16.4. The number of sulfone groups is 1. The number of rotatable bonds is 2. The highest BCUT2D eigenvalue weighted by atomic mass is 32.2. The van der Waals surface area contributed by atoms with E-state index < -0.39 is 9.84 Å². The first-order valence-electron chi connectivity index (χ1n) is 6.92. The van der Waals surface area contributed by atoms with Gasteiger partial charge < -0.3 is 10.2 Å². The molecule has 0 radical (unpaired) electrons. The van der Waals surface area contributed by atoms with Crippen molar-refractivity contribution < 1.29 is 18.6 Å². The molecule has 2 aromatic rings. The van der Waals surface area contributed by atoms with Crippen molar-refractivity contribution in [2.45, 2.75) is 44.4 Å². The van der Waals surface area contributed by atoms with Crippen LogP contribution in [0.2, 0.25) is 0 Å². The van der Waals surface area contributed by atoms with Gasteiger partial charge in [0.1, 0.15) is 16.4 Å². The number of phenols is 2. The predicted octanol–water partition coefficient (Wildman–Crippen LogP) is 3.47. The van der Waals surface area contributed by atoms with Gasteiger partial charge in [-0.3, -0.25) is 0 Å². The Labute approximate surface area is 131 Å². The standard InChI is InChI=1S/C17H20O4S/c1-9-6-10(2)16(19)15(7-9)22(20,21)17-11(3)8-14(18)12(4)13(17)5/h6-8,18-19H,1-5H3. The molecule has 0 aromatic heterocycles. The molecule has 0 spiro atoms. The summed E-state index contributed by atoms with van der Waals surface area (Å²) in [5.41, 5.74) is 2.76. The van der Waals surface area contributed by atoms with E-state index in [0.29, 0.717) is 22.3 Å². The maximum Gasteiger partial charge on any atom is 0.210 e. The van der Waals surface area contributed by atoms with E-state index in [4.69, 9.17) is 0 Å². The second-order valence-electron chi connectivity index (χ2n) is 5.72. The van der Waals surface area contributed by atoms with Crippen LogP contribution in [0.15, 0.2) is 28.0 Å². The minimum Gasteiger partial charge on any atom is -0.508 e. The molecule has 0 bridgehead atoms. The second kappa shape index (κ2) is 5.32. The molecule has 2 aromatic carbocycles. The van der Waals surface area contributed by atoms with Gasteiger partial charge in [0, 0.05) is 0 Å². The number of aromatic hydroxyl groups is 2. The van der Waals surface area contributed by atoms with Gasteiger partial charge in [-0.1, -0.05) is 6.07 Å². The molecule has 4 nitrogen and oxygen atoms in total. The first-order valence-corrected chi connectivity index (χ1v) is 8.40. The Morgan fingerprint density at radius 1 is 0.818 bits per heavy atom. The van der Waals surface area contributed by atoms with Gasteiger partial charge in [-0.05, 0) is 74.6 Å². The number of benzene rings is 2. The van der Waals surface area contributed by atoms with Crippen molar-refractivity contribution in [1.29, 1.82) is 0 Å². The third-order valence-corrected chi connectivity index (χ3v) is 6.02. The van der Waals surface area contributed by atoms with Gasteiger partial charge in [0.2, 0.25) is 9.84 Å². The summed E-state index contributed by atoms with van der Waals surface area (Å²) in [6, 6.07) is 4.64. The summed E-state index contributed by atoms with van der Waals surface area (Å²) in [6.07, 6.45) is 0. The number of phenolic OH excluding ortho intramolecular Hbond substituents is 2. The van der Waals surface area contributed by atoms with Crippen LogP contribution >= 0.6 is 0 Å². The van der Waals surface area contributed by atoms with Gasteiger partial charge >= 0.3 is 0 Å². The molecule has 5 heteroatoms. The molecule has 0 fully saturated rings. The fourth-order valence-corrected chi connectivity index (χ4v) is 4.70. The summed E-state index contributed by atoms with van der Waals surface area (Å²) in [5, 5.41) is 20.0. The van der Waals surface area contributed by atoms with Gasteiger partial charge in [0.25, 0.3) is 0 Å². The molecule has 118 valence electrons. The van der Waals surface area contributed by atoms with Gasteiger partial charge in [-0.2, -0.15) is 0 Å². The third kappa shape index (κ3) is 2.46. The Morgan fingerprint density at radius 2 is 1.41 bits per heavy atom. The fourth-order valence-electron chi connectivity index (χ4n) is 2.69. The van der Waals surface area contributed by atoms with Crippen LogP contribution < -0.4 is 0 Å². The summed E-state index contributed by atoms with van der Waals surface area (Å²) >= 11 is 0. The highest BCUT2D eigenvalue weighted by Crippen LogP contribution is 2.37. The summed E-state index contributed by atoms with van der Waals surface area (Å²) in [7, 11) is -3.88. The van der Waals surface area contributed by atoms with Crippen LogP contribution in [0.25, 0.3) is 0 Å². The lowest BCUT2D eigenvalue weighted by Crippen LogP contribution is -2.09. The first-order chi connectivity index (χ1) is 10.1. The number of hydrogen-bond donors (Lipinski definition) is 2. The lowest BCUT2D eigenvalue weighted by molar-refractivity contribution is 0.454. The quantitative estimate of drug-likeness (QED) is 0.888. The molecule has 0 amide bonds. The van der Waals surface area contributed by atoms with E-state index >= 15 is 0 Å². The van der Waals surface area contributed by atoms with Gasteiger partial charge in [0.05, 0.1) is 4.90 Å². The Balaban J connectivity index is 2.86. The highest BCUT2D eigenvalue weighted by molar-refractivity contribution is 7.91. The predicted molar refractivity (Wildman–Crippen MR) is 85.4 cm³/mol. The number of aryl methyl sites for hydroxylation is 3. The monoisotopic (exact) mass is 320 g/mol. The molecule has 2 N–H and O–H groups in total. The average molecular weight is 320 g/mol. The Kier molecular flexibility index (Phi) is 3.96. The van der Waals surface area contributed by atoms with Crippen LogP contribution in [0, 0.1) is 34.6 Å². The highest BCUT2D eigenvalue weighted by Gasteiger charge is 2.28. The SMILES string of the molecule is Cc1cc(C)c(O)c(S(=O)(=O)c2c(C)cc(O)c(C)c2C)c1. The minimum atomic E-state index is -3.88. The molecule has 0 aliphatic carbocycles. The van der Waals surface area contributed by atoms with Crippen molar-refractivity contribution >= 4 is 9.84 Å². The lowest BCUT2D eigenvalue weighted by atomic mass is 10.1. The van der Waals surface area contributed by atoms with Crippen molar-refractivity contribution in [3.63, 3.8) is 0 Å². The average Bonchev–Trinajstić information content (AvgIpc) is 2.39. The zero-order valence-electron chi connectivity index (χ0n) is 13.4. The van der Waals surface area contributed by atoms with Crippen molar-refractivity contribution in [3.05, 3.63) is 46.0 Å². The summed E-state index contributed by atoms with van der Waals surface area (Å²) in [4.78, 5) is 0.0457. The van der Waals surface area contributed by atoms with E-state index in [2.05, 4.69) is 0 Å². The molecule has 0 aliphatic heterocycles. The van der Waals surface area contributed by atoms with Gasteiger partial charge in [-0.15, -0.1) is 0 Å². The molecule has 0 atom stereocenters. The Morgan fingerprint density at radius 3 is 2.00 bits per heavy atom. The molecule has 0 unspecified atom stereocenters. The fraction of sp³-hybridized carbons (Fsp3) is 0.294. The molecule has 0 saturated carbocycles. The molecule has 0 aliphatic rings. The molecule has 22 heavy (non-hydrogen) atoms. The van der Waals surface area contributed by atoms with Gasteiger partial charge in [0.15, 0.2) is 0 Å². The van der Waals surface area contributed by atoms with Crippen molar-refractivity contribution in [2.75, 3.05) is 0 Å². The van der Waals surface area contributed by atoms with E-state index in [1.807, 2.05) is 0 Å². The smallest absolute Gasteiger partial charge is 0.210 e. The summed E-state index contributed by atoms with van der Waals surface area (Å²) < 4.78 is 26.0. The molecular formula is C17H20O4S. The van der Waals surface area contributed by atoms with Crippen LogP contribution in [-0.4, -0.2) is 18.6 Å². The Hall–Kier alpha value is -2.01. The van der Waals surface area contributed by atoms with Crippen molar-refractivity contribution in [1.82, 2.24) is 0 Å². The third-order valence-electron chi connectivity index (χ3n) is 3.97. The van der Waals surface area contributed by atoms with E-state index in [9.17, 15) is 18.6 Å². The van der Waals surface area contributed by atoms with Crippen LogP contribution in [0.3, 0.4) is 0 Å². The topological polar surface area (TPSA) is 74.6 Å². The normalized spacial score (nSPS) is 11.7. The zero-order chi connectivity index (χ0) is 16.8. The van der Waals surface area contributed by atoms with E-state index in [0.717, 1.165) is 5.56 Å². The molecule has 2 rings (SSSR count). The van der Waals surface area contributed by atoms with Crippen molar-refractivity contribution in [3.8, 4) is 11.5 Å². The van der Waals surface area contributed by atoms with Crippen LogP contribution in [0.1, 0.15) is 27.8 Å². The molecular weight excluding hydrogens is 300 g/mol. The molecule has 0 saturated heterocycles. The largest absolute Gasteiger partial charge is 0.508 e. The maximum absolute atomic E-state index is 13.0. The summed E-state index contributed by atoms with van der Waals surface area (Å²) in [6.45, 7) is 8.42. The minimum absolute atomic E-state index is 0.0681.